The van der Waals surface area contributed by atoms with Crippen LogP contribution in [0.2, 0.25) is 0 Å². The molecule has 0 N–H and O–H groups in total. The van der Waals surface area contributed by atoms with Gasteiger partial charge in [0.25, 0.3) is 0 Å². The highest BCUT2D eigenvalue weighted by Gasteiger charge is 2.04. The van der Waals surface area contributed by atoms with Crippen LogP contribution in [0.1, 0.15) is 0 Å². The number of benzene rings is 1. The Kier molecular flexibility index (Phi) is 8.30. The predicted octanol–water partition coefficient (Wildman–Crippen LogP) is 2.90. The minimum absolute atomic E-state index is 0.129. The summed E-state index contributed by atoms with van der Waals surface area (Å²) in [5.74, 6) is 2.91. The molecule has 102 valence electrons. The van der Waals surface area contributed by atoms with Crippen molar-refractivity contribution in [3.63, 3.8) is 0 Å². The third-order valence-electron chi connectivity index (χ3n) is 2.11. The molecule has 0 radical (unpaired) electrons. The standard InChI is InChI=1S/C12H18O2S4/c15-7-11(17)5-13-9-2-1-3-10(4-9)14-6-12(18)8-16/h1-4,11-12,15-18H,5-8H2. The van der Waals surface area contributed by atoms with Gasteiger partial charge in [0.2, 0.25) is 0 Å². The molecule has 1 aromatic carbocycles. The van der Waals surface area contributed by atoms with Crippen LogP contribution in [-0.2, 0) is 0 Å². The van der Waals surface area contributed by atoms with Crippen LogP contribution >= 0.6 is 50.5 Å². The summed E-state index contributed by atoms with van der Waals surface area (Å²) in [5, 5.41) is 0.257. The van der Waals surface area contributed by atoms with Crippen LogP contribution in [0.4, 0.5) is 0 Å². The monoisotopic (exact) mass is 322 g/mol. The Morgan fingerprint density at radius 1 is 0.889 bits per heavy atom. The largest absolute Gasteiger partial charge is 0.492 e. The van der Waals surface area contributed by atoms with E-state index in [0.717, 1.165) is 11.5 Å². The van der Waals surface area contributed by atoms with Crippen LogP contribution in [0.25, 0.3) is 0 Å². The van der Waals surface area contributed by atoms with Gasteiger partial charge >= 0.3 is 0 Å². The summed E-state index contributed by atoms with van der Waals surface area (Å²) < 4.78 is 11.2. The molecule has 0 saturated heterocycles. The Bertz CT molecular complexity index is 319. The van der Waals surface area contributed by atoms with Crippen molar-refractivity contribution in [1.82, 2.24) is 0 Å². The van der Waals surface area contributed by atoms with Gasteiger partial charge in [-0.25, -0.2) is 0 Å². The maximum absolute atomic E-state index is 5.59. The van der Waals surface area contributed by atoms with Gasteiger partial charge in [-0.05, 0) is 12.1 Å². The van der Waals surface area contributed by atoms with E-state index in [9.17, 15) is 0 Å². The lowest BCUT2D eigenvalue weighted by molar-refractivity contribution is 0.308. The molecule has 0 fully saturated rings. The van der Waals surface area contributed by atoms with Crippen molar-refractivity contribution in [2.75, 3.05) is 24.7 Å². The molecule has 2 unspecified atom stereocenters. The van der Waals surface area contributed by atoms with E-state index in [-0.39, 0.29) is 10.5 Å². The summed E-state index contributed by atoms with van der Waals surface area (Å²) in [6, 6.07) is 7.54. The fraction of sp³-hybridized carbons (Fsp3) is 0.500. The number of hydrogen-bond donors (Lipinski definition) is 4. The van der Waals surface area contributed by atoms with Crippen molar-refractivity contribution in [1.29, 1.82) is 0 Å². The third-order valence-corrected chi connectivity index (χ3v) is 4.23. The average molecular weight is 323 g/mol. The molecular formula is C12H18O2S4. The second-order valence-corrected chi connectivity index (χ2v) is 5.96. The van der Waals surface area contributed by atoms with Gasteiger partial charge in [-0.3, -0.25) is 0 Å². The normalized spacial score (nSPS) is 14.0. The first-order valence-electron chi connectivity index (χ1n) is 5.59. The minimum Gasteiger partial charge on any atom is -0.492 e. The van der Waals surface area contributed by atoms with Crippen molar-refractivity contribution in [2.45, 2.75) is 10.5 Å². The summed E-state index contributed by atoms with van der Waals surface area (Å²) in [6.07, 6.45) is 0. The topological polar surface area (TPSA) is 18.5 Å². The molecule has 0 aromatic heterocycles. The van der Waals surface area contributed by atoms with E-state index in [2.05, 4.69) is 50.5 Å². The van der Waals surface area contributed by atoms with Gasteiger partial charge in [0.15, 0.2) is 0 Å². The van der Waals surface area contributed by atoms with E-state index in [1.807, 2.05) is 24.3 Å². The van der Waals surface area contributed by atoms with Crippen molar-refractivity contribution < 1.29 is 9.47 Å². The molecule has 0 aliphatic carbocycles. The number of thiol groups is 4. The lowest BCUT2D eigenvalue weighted by Gasteiger charge is -2.13. The number of ether oxygens (including phenoxy) is 2. The summed E-state index contributed by atoms with van der Waals surface area (Å²) in [6.45, 7) is 1.06. The molecule has 2 nitrogen and oxygen atoms in total. The second kappa shape index (κ2) is 9.18. The molecule has 0 bridgehead atoms. The van der Waals surface area contributed by atoms with Gasteiger partial charge in [0, 0.05) is 28.1 Å². The average Bonchev–Trinajstić information content (AvgIpc) is 2.42. The molecule has 1 rings (SSSR count). The first kappa shape index (κ1) is 16.3. The maximum Gasteiger partial charge on any atom is 0.123 e. The van der Waals surface area contributed by atoms with Gasteiger partial charge in [0.05, 0.1) is 0 Å². The molecule has 2 atom stereocenters. The zero-order chi connectivity index (χ0) is 13.4. The quantitative estimate of drug-likeness (QED) is 0.552. The van der Waals surface area contributed by atoms with Crippen LogP contribution in [0.3, 0.4) is 0 Å². The molecule has 6 heteroatoms. The third kappa shape index (κ3) is 6.41. The van der Waals surface area contributed by atoms with E-state index in [1.54, 1.807) is 0 Å². The number of rotatable bonds is 8. The number of hydrogen-bond acceptors (Lipinski definition) is 6. The Morgan fingerprint density at radius 3 is 1.72 bits per heavy atom. The van der Waals surface area contributed by atoms with Gasteiger partial charge in [-0.1, -0.05) is 6.07 Å². The van der Waals surface area contributed by atoms with Gasteiger partial charge in [-0.15, -0.1) is 0 Å². The van der Waals surface area contributed by atoms with E-state index in [4.69, 9.17) is 9.47 Å². The van der Waals surface area contributed by atoms with Gasteiger partial charge in [0.1, 0.15) is 24.7 Å². The lowest BCUT2D eigenvalue weighted by atomic mass is 10.3. The molecule has 0 amide bonds. The Hall–Kier alpha value is 0.220. The van der Waals surface area contributed by atoms with Gasteiger partial charge in [-0.2, -0.15) is 50.5 Å². The van der Waals surface area contributed by atoms with Crippen LogP contribution in [0.5, 0.6) is 11.5 Å². The van der Waals surface area contributed by atoms with E-state index in [0.29, 0.717) is 24.7 Å². The van der Waals surface area contributed by atoms with Crippen molar-refractivity contribution >= 4 is 50.5 Å². The first-order valence-corrected chi connectivity index (χ1v) is 7.89. The summed E-state index contributed by atoms with van der Waals surface area (Å²) in [4.78, 5) is 0. The molecule has 1 aromatic rings. The minimum atomic E-state index is 0.129. The fourth-order valence-electron chi connectivity index (χ4n) is 1.14. The summed E-state index contributed by atoms with van der Waals surface area (Å²) in [7, 11) is 0. The predicted molar refractivity (Wildman–Crippen MR) is 90.7 cm³/mol. The zero-order valence-corrected chi connectivity index (χ0v) is 13.5. The van der Waals surface area contributed by atoms with Gasteiger partial charge < -0.3 is 9.47 Å². The Balaban J connectivity index is 2.46. The van der Waals surface area contributed by atoms with Crippen molar-refractivity contribution in [3.05, 3.63) is 24.3 Å². The first-order chi connectivity index (χ1) is 8.65. The smallest absolute Gasteiger partial charge is 0.123 e. The van der Waals surface area contributed by atoms with Crippen LogP contribution < -0.4 is 9.47 Å². The van der Waals surface area contributed by atoms with Crippen molar-refractivity contribution in [3.8, 4) is 11.5 Å². The summed E-state index contributed by atoms with van der Waals surface area (Å²) in [5.41, 5.74) is 0. The van der Waals surface area contributed by atoms with E-state index < -0.39 is 0 Å². The molecule has 18 heavy (non-hydrogen) atoms. The molecule has 0 spiro atoms. The highest BCUT2D eigenvalue weighted by Crippen LogP contribution is 2.20. The molecular weight excluding hydrogens is 304 g/mol. The van der Waals surface area contributed by atoms with Crippen molar-refractivity contribution in [2.24, 2.45) is 0 Å². The lowest BCUT2D eigenvalue weighted by Crippen LogP contribution is -2.14. The van der Waals surface area contributed by atoms with Crippen LogP contribution in [0, 0.1) is 0 Å². The summed E-state index contributed by atoms with van der Waals surface area (Å²) >= 11 is 16.9. The van der Waals surface area contributed by atoms with Crippen LogP contribution in [-0.4, -0.2) is 35.2 Å². The van der Waals surface area contributed by atoms with E-state index >= 15 is 0 Å². The molecule has 0 aliphatic heterocycles. The molecule has 0 aliphatic rings. The highest BCUT2D eigenvalue weighted by atomic mass is 32.1. The molecule has 0 saturated carbocycles. The van der Waals surface area contributed by atoms with Crippen LogP contribution in [0.15, 0.2) is 24.3 Å². The van der Waals surface area contributed by atoms with E-state index in [1.165, 1.54) is 0 Å². The molecule has 0 heterocycles. The Labute approximate surface area is 130 Å². The SMILES string of the molecule is SCC(S)COc1cccc(OCC(S)CS)c1. The Morgan fingerprint density at radius 2 is 1.33 bits per heavy atom. The maximum atomic E-state index is 5.59. The second-order valence-electron chi connectivity index (χ2n) is 3.77. The highest BCUT2D eigenvalue weighted by molar-refractivity contribution is 7.85. The fourth-order valence-corrected chi connectivity index (χ4v) is 1.50. The zero-order valence-electron chi connectivity index (χ0n) is 9.90.